The van der Waals surface area contributed by atoms with Crippen LogP contribution in [0.5, 0.6) is 0 Å². The van der Waals surface area contributed by atoms with Crippen LogP contribution in [0.4, 0.5) is 4.39 Å². The van der Waals surface area contributed by atoms with E-state index in [-0.39, 0.29) is 18.0 Å². The number of aliphatic hydroxyl groups excluding tert-OH is 1. The van der Waals surface area contributed by atoms with Gasteiger partial charge in [-0.2, -0.15) is 5.10 Å². The minimum atomic E-state index is -0.341. The van der Waals surface area contributed by atoms with Gasteiger partial charge in [0.05, 0.1) is 12.3 Å². The van der Waals surface area contributed by atoms with E-state index in [0.29, 0.717) is 13.0 Å². The number of aliphatic hydroxyl groups is 1. The Morgan fingerprint density at radius 1 is 1.41 bits per heavy atom. The largest absolute Gasteiger partial charge is 0.392 e. The van der Waals surface area contributed by atoms with Gasteiger partial charge in [0.25, 0.3) is 0 Å². The lowest BCUT2D eigenvalue weighted by Crippen LogP contribution is -2.27. The first kappa shape index (κ1) is 15.2. The normalized spacial score (nSPS) is 22.3. The molecule has 4 nitrogen and oxygen atoms in total. The second-order valence-electron chi connectivity index (χ2n) is 5.91. The summed E-state index contributed by atoms with van der Waals surface area (Å²) in [4.78, 5) is 2.24. The zero-order chi connectivity index (χ0) is 15.5. The highest BCUT2D eigenvalue weighted by molar-refractivity contribution is 5.22. The van der Waals surface area contributed by atoms with E-state index in [2.05, 4.69) is 23.1 Å². The third kappa shape index (κ3) is 3.36. The van der Waals surface area contributed by atoms with E-state index in [9.17, 15) is 9.50 Å². The van der Waals surface area contributed by atoms with Crippen LogP contribution in [0.2, 0.25) is 0 Å². The van der Waals surface area contributed by atoms with E-state index in [1.54, 1.807) is 12.1 Å². The second-order valence-corrected chi connectivity index (χ2v) is 5.91. The van der Waals surface area contributed by atoms with Crippen LogP contribution in [-0.2, 0) is 13.0 Å². The van der Waals surface area contributed by atoms with Crippen molar-refractivity contribution in [1.29, 1.82) is 0 Å². The molecule has 0 aliphatic carbocycles. The molecule has 1 aromatic carbocycles. The van der Waals surface area contributed by atoms with Gasteiger partial charge in [-0.25, -0.2) is 4.39 Å². The van der Waals surface area contributed by atoms with Crippen LogP contribution in [0.1, 0.15) is 30.5 Å². The Morgan fingerprint density at radius 3 is 3.00 bits per heavy atom. The third-order valence-corrected chi connectivity index (χ3v) is 4.31. The summed E-state index contributed by atoms with van der Waals surface area (Å²) in [5.41, 5.74) is 2.14. The topological polar surface area (TPSA) is 41.3 Å². The minimum absolute atomic E-state index is 0.0897. The summed E-state index contributed by atoms with van der Waals surface area (Å²) in [6.45, 7) is 4.42. The Kier molecular flexibility index (Phi) is 4.55. The smallest absolute Gasteiger partial charge is 0.123 e. The minimum Gasteiger partial charge on any atom is -0.392 e. The lowest BCUT2D eigenvalue weighted by molar-refractivity contribution is 0.175. The van der Waals surface area contributed by atoms with Gasteiger partial charge < -0.3 is 5.11 Å². The maximum absolute atomic E-state index is 13.4. The molecule has 1 N–H and O–H groups in total. The molecule has 22 heavy (non-hydrogen) atoms. The van der Waals surface area contributed by atoms with Crippen molar-refractivity contribution in [1.82, 2.24) is 14.7 Å². The molecule has 118 valence electrons. The molecule has 0 radical (unpaired) electrons. The van der Waals surface area contributed by atoms with Crippen LogP contribution in [0.25, 0.3) is 0 Å². The van der Waals surface area contributed by atoms with Crippen molar-refractivity contribution in [3.05, 3.63) is 53.6 Å². The van der Waals surface area contributed by atoms with Crippen molar-refractivity contribution < 1.29 is 9.50 Å². The van der Waals surface area contributed by atoms with Crippen molar-refractivity contribution in [2.75, 3.05) is 13.1 Å². The van der Waals surface area contributed by atoms with E-state index in [0.717, 1.165) is 25.1 Å². The molecule has 1 aromatic heterocycles. The Balaban J connectivity index is 1.68. The van der Waals surface area contributed by atoms with Gasteiger partial charge in [-0.05, 0) is 43.0 Å². The number of likely N-dealkylation sites (tertiary alicyclic amines) is 1. The molecule has 3 rings (SSSR count). The quantitative estimate of drug-likeness (QED) is 0.922. The van der Waals surface area contributed by atoms with Gasteiger partial charge in [-0.3, -0.25) is 9.58 Å². The van der Waals surface area contributed by atoms with Crippen molar-refractivity contribution >= 4 is 0 Å². The Morgan fingerprint density at radius 2 is 2.27 bits per heavy atom. The SMILES string of the molecule is CCn1cc(CCN2C[C@@H](O)C[C@@H]2c2cccc(F)c2)cn1. The molecule has 1 aliphatic heterocycles. The van der Waals surface area contributed by atoms with Crippen molar-refractivity contribution in [2.24, 2.45) is 0 Å². The number of aromatic nitrogens is 2. The van der Waals surface area contributed by atoms with Crippen LogP contribution in [-0.4, -0.2) is 39.0 Å². The van der Waals surface area contributed by atoms with E-state index < -0.39 is 0 Å². The molecule has 0 spiro atoms. The summed E-state index contributed by atoms with van der Waals surface area (Å²) in [7, 11) is 0. The van der Waals surface area contributed by atoms with E-state index >= 15 is 0 Å². The van der Waals surface area contributed by atoms with Gasteiger partial charge in [0.1, 0.15) is 5.82 Å². The summed E-state index contributed by atoms with van der Waals surface area (Å²) in [5.74, 6) is -0.219. The highest BCUT2D eigenvalue weighted by Crippen LogP contribution is 2.32. The van der Waals surface area contributed by atoms with Crippen molar-refractivity contribution in [2.45, 2.75) is 38.5 Å². The molecule has 0 amide bonds. The maximum atomic E-state index is 13.4. The zero-order valence-corrected chi connectivity index (χ0v) is 12.8. The lowest BCUT2D eigenvalue weighted by Gasteiger charge is -2.24. The molecule has 1 fully saturated rings. The molecular weight excluding hydrogens is 281 g/mol. The monoisotopic (exact) mass is 303 g/mol. The molecule has 2 atom stereocenters. The van der Waals surface area contributed by atoms with Gasteiger partial charge in [-0.1, -0.05) is 12.1 Å². The van der Waals surface area contributed by atoms with Gasteiger partial charge in [0.2, 0.25) is 0 Å². The number of β-amino-alcohol motifs (C(OH)–C–C–N with tert-alkyl or cyclic N) is 1. The number of nitrogens with zero attached hydrogens (tertiary/aromatic N) is 3. The van der Waals surface area contributed by atoms with Gasteiger partial charge in [0, 0.05) is 31.9 Å². The van der Waals surface area contributed by atoms with E-state index in [1.807, 2.05) is 16.9 Å². The fourth-order valence-electron chi connectivity index (χ4n) is 3.17. The fourth-order valence-corrected chi connectivity index (χ4v) is 3.17. The van der Waals surface area contributed by atoms with Crippen LogP contribution in [0.15, 0.2) is 36.7 Å². The molecule has 0 saturated carbocycles. The lowest BCUT2D eigenvalue weighted by atomic mass is 10.0. The van der Waals surface area contributed by atoms with Crippen LogP contribution in [0, 0.1) is 5.82 Å². The average Bonchev–Trinajstić information content (AvgIpc) is 3.11. The third-order valence-electron chi connectivity index (χ3n) is 4.31. The molecular formula is C17H22FN3O. The number of hydrogen-bond acceptors (Lipinski definition) is 3. The molecule has 2 heterocycles. The van der Waals surface area contributed by atoms with E-state index in [1.165, 1.54) is 11.6 Å². The average molecular weight is 303 g/mol. The van der Waals surface area contributed by atoms with Crippen LogP contribution in [0.3, 0.4) is 0 Å². The molecule has 2 aromatic rings. The number of halogens is 1. The molecule has 0 bridgehead atoms. The second kappa shape index (κ2) is 6.58. The summed E-state index contributed by atoms with van der Waals surface area (Å²) >= 11 is 0. The maximum Gasteiger partial charge on any atom is 0.123 e. The Labute approximate surface area is 130 Å². The Hall–Kier alpha value is -1.72. The molecule has 1 aliphatic rings. The molecule has 5 heteroatoms. The summed E-state index contributed by atoms with van der Waals surface area (Å²) in [6, 6.07) is 6.79. The van der Waals surface area contributed by atoms with Crippen LogP contribution >= 0.6 is 0 Å². The first-order valence-corrected chi connectivity index (χ1v) is 7.84. The fraction of sp³-hybridized carbons (Fsp3) is 0.471. The highest BCUT2D eigenvalue weighted by Gasteiger charge is 2.31. The standard InChI is InChI=1S/C17H22FN3O/c1-2-21-11-13(10-19-21)6-7-20-12-16(22)9-17(20)14-4-3-5-15(18)8-14/h3-5,8,10-11,16-17,22H,2,6-7,9,12H2,1H3/t16-,17+/m0/s1. The summed E-state index contributed by atoms with van der Waals surface area (Å²) in [5, 5.41) is 14.3. The molecule has 0 unspecified atom stereocenters. The van der Waals surface area contributed by atoms with E-state index in [4.69, 9.17) is 0 Å². The predicted octanol–water partition coefficient (Wildman–Crippen LogP) is 2.39. The van der Waals surface area contributed by atoms with Gasteiger partial charge >= 0.3 is 0 Å². The zero-order valence-electron chi connectivity index (χ0n) is 12.8. The summed E-state index contributed by atoms with van der Waals surface area (Å²) < 4.78 is 15.4. The first-order valence-electron chi connectivity index (χ1n) is 7.84. The van der Waals surface area contributed by atoms with Gasteiger partial charge in [0.15, 0.2) is 0 Å². The van der Waals surface area contributed by atoms with Gasteiger partial charge in [-0.15, -0.1) is 0 Å². The van der Waals surface area contributed by atoms with Crippen molar-refractivity contribution in [3.63, 3.8) is 0 Å². The summed E-state index contributed by atoms with van der Waals surface area (Å²) in [6.07, 6.45) is 5.17. The Bertz CT molecular complexity index is 628. The number of benzene rings is 1. The number of rotatable bonds is 5. The molecule has 1 saturated heterocycles. The van der Waals surface area contributed by atoms with Crippen LogP contribution < -0.4 is 0 Å². The number of aryl methyl sites for hydroxylation is 1. The number of hydrogen-bond donors (Lipinski definition) is 1. The van der Waals surface area contributed by atoms with Crippen molar-refractivity contribution in [3.8, 4) is 0 Å². The predicted molar refractivity (Wildman–Crippen MR) is 82.9 cm³/mol. The highest BCUT2D eigenvalue weighted by atomic mass is 19.1. The first-order chi connectivity index (χ1) is 10.7.